The van der Waals surface area contributed by atoms with E-state index >= 15 is 0 Å². The largest absolute Gasteiger partial charge is 0.495 e. The quantitative estimate of drug-likeness (QED) is 0.867. The van der Waals surface area contributed by atoms with Crippen molar-refractivity contribution in [3.8, 4) is 5.75 Å². The molecule has 0 unspecified atom stereocenters. The molecular weight excluding hydrogens is 302 g/mol. The van der Waals surface area contributed by atoms with E-state index in [1.54, 1.807) is 7.11 Å². The van der Waals surface area contributed by atoms with Crippen LogP contribution in [0.25, 0.3) is 0 Å². The number of rotatable bonds is 5. The van der Waals surface area contributed by atoms with Crippen LogP contribution in [0.2, 0.25) is 0 Å². The van der Waals surface area contributed by atoms with Crippen molar-refractivity contribution in [3.63, 3.8) is 0 Å². The van der Waals surface area contributed by atoms with E-state index in [2.05, 4.69) is 52.4 Å². The van der Waals surface area contributed by atoms with E-state index in [0.29, 0.717) is 0 Å². The fourth-order valence-electron chi connectivity index (χ4n) is 1.91. The van der Waals surface area contributed by atoms with E-state index in [4.69, 9.17) is 4.74 Å². The number of aryl methyl sites for hydroxylation is 1. The molecule has 0 aliphatic heterocycles. The maximum atomic E-state index is 5.34. The highest BCUT2D eigenvalue weighted by Gasteiger charge is 2.03. The van der Waals surface area contributed by atoms with E-state index in [1.807, 2.05) is 18.2 Å². The molecule has 0 atom stereocenters. The summed E-state index contributed by atoms with van der Waals surface area (Å²) >= 11 is 3.48. The summed E-state index contributed by atoms with van der Waals surface area (Å²) in [6.45, 7) is 2.95. The number of hydrogen-bond acceptors (Lipinski definition) is 2. The van der Waals surface area contributed by atoms with Gasteiger partial charge in [0.05, 0.1) is 12.8 Å². The first-order chi connectivity index (χ1) is 9.22. The van der Waals surface area contributed by atoms with Crippen LogP contribution in [0.4, 0.5) is 5.69 Å². The minimum absolute atomic E-state index is 0.788. The smallest absolute Gasteiger partial charge is 0.142 e. The second-order valence-corrected chi connectivity index (χ2v) is 5.28. The molecule has 0 amide bonds. The molecule has 0 saturated heterocycles. The summed E-state index contributed by atoms with van der Waals surface area (Å²) < 4.78 is 6.38. The molecule has 0 aliphatic carbocycles. The topological polar surface area (TPSA) is 21.3 Å². The zero-order valence-electron chi connectivity index (χ0n) is 11.2. The van der Waals surface area contributed by atoms with E-state index in [0.717, 1.165) is 28.9 Å². The van der Waals surface area contributed by atoms with Gasteiger partial charge in [0.2, 0.25) is 0 Å². The Bertz CT molecular complexity index is 537. The van der Waals surface area contributed by atoms with Gasteiger partial charge >= 0.3 is 0 Å². The second kappa shape index (κ2) is 6.62. The second-order valence-electron chi connectivity index (χ2n) is 4.37. The first-order valence-corrected chi connectivity index (χ1v) is 7.17. The Hall–Kier alpha value is -1.48. The van der Waals surface area contributed by atoms with Crippen molar-refractivity contribution >= 4 is 21.6 Å². The lowest BCUT2D eigenvalue weighted by molar-refractivity contribution is 0.416. The number of ether oxygens (including phenoxy) is 1. The van der Waals surface area contributed by atoms with Crippen molar-refractivity contribution in [3.05, 3.63) is 58.1 Å². The van der Waals surface area contributed by atoms with Gasteiger partial charge in [0.25, 0.3) is 0 Å². The predicted molar refractivity (Wildman–Crippen MR) is 83.8 cm³/mol. The molecule has 3 heteroatoms. The third-order valence-electron chi connectivity index (χ3n) is 3.08. The van der Waals surface area contributed by atoms with E-state index in [9.17, 15) is 0 Å². The van der Waals surface area contributed by atoms with Gasteiger partial charge in [0.15, 0.2) is 0 Å². The van der Waals surface area contributed by atoms with E-state index in [-0.39, 0.29) is 0 Å². The van der Waals surface area contributed by atoms with Crippen LogP contribution in [0.1, 0.15) is 18.1 Å². The number of hydrogen-bond donors (Lipinski definition) is 1. The van der Waals surface area contributed by atoms with Gasteiger partial charge in [-0.15, -0.1) is 0 Å². The fourth-order valence-corrected chi connectivity index (χ4v) is 2.27. The van der Waals surface area contributed by atoms with Crippen LogP contribution in [0.15, 0.2) is 46.9 Å². The Morgan fingerprint density at radius 3 is 2.37 bits per heavy atom. The number of methoxy groups -OCH3 is 1. The van der Waals surface area contributed by atoms with Crippen molar-refractivity contribution in [1.82, 2.24) is 0 Å². The number of anilines is 1. The molecule has 2 nitrogen and oxygen atoms in total. The van der Waals surface area contributed by atoms with Gasteiger partial charge in [-0.05, 0) is 35.7 Å². The molecule has 2 aromatic carbocycles. The zero-order valence-corrected chi connectivity index (χ0v) is 12.8. The Labute approximate surface area is 122 Å². The van der Waals surface area contributed by atoms with Crippen LogP contribution in [0.5, 0.6) is 5.75 Å². The average Bonchev–Trinajstić information content (AvgIpc) is 2.46. The first-order valence-electron chi connectivity index (χ1n) is 6.38. The minimum Gasteiger partial charge on any atom is -0.495 e. The molecule has 0 bridgehead atoms. The Kier molecular flexibility index (Phi) is 4.86. The number of nitrogens with one attached hydrogen (secondary N) is 1. The molecule has 0 aromatic heterocycles. The fraction of sp³-hybridized carbons (Fsp3) is 0.250. The lowest BCUT2D eigenvalue weighted by Gasteiger charge is -2.12. The van der Waals surface area contributed by atoms with Gasteiger partial charge < -0.3 is 10.1 Å². The third-order valence-corrected chi connectivity index (χ3v) is 3.57. The predicted octanol–water partition coefficient (Wildman–Crippen LogP) is 4.63. The molecule has 0 spiro atoms. The van der Waals surface area contributed by atoms with Gasteiger partial charge in [0.1, 0.15) is 5.75 Å². The summed E-state index contributed by atoms with van der Waals surface area (Å²) in [4.78, 5) is 0. The molecule has 1 N–H and O–H groups in total. The molecule has 0 radical (unpaired) electrons. The van der Waals surface area contributed by atoms with Crippen molar-refractivity contribution in [2.75, 3.05) is 12.4 Å². The number of benzene rings is 2. The number of halogens is 1. The van der Waals surface area contributed by atoms with Crippen LogP contribution >= 0.6 is 15.9 Å². The summed E-state index contributed by atoms with van der Waals surface area (Å²) in [6.07, 6.45) is 1.08. The Morgan fingerprint density at radius 2 is 1.74 bits per heavy atom. The van der Waals surface area contributed by atoms with Gasteiger partial charge in [-0.3, -0.25) is 0 Å². The zero-order chi connectivity index (χ0) is 13.7. The van der Waals surface area contributed by atoms with Crippen LogP contribution in [-0.4, -0.2) is 7.11 Å². The van der Waals surface area contributed by atoms with Crippen molar-refractivity contribution < 1.29 is 4.74 Å². The maximum absolute atomic E-state index is 5.34. The summed E-state index contributed by atoms with van der Waals surface area (Å²) in [5.74, 6) is 0.855. The van der Waals surface area contributed by atoms with Crippen molar-refractivity contribution in [2.45, 2.75) is 19.9 Å². The highest BCUT2D eigenvalue weighted by atomic mass is 79.9. The van der Waals surface area contributed by atoms with Crippen molar-refractivity contribution in [2.24, 2.45) is 0 Å². The van der Waals surface area contributed by atoms with Crippen LogP contribution in [0.3, 0.4) is 0 Å². The van der Waals surface area contributed by atoms with Gasteiger partial charge in [-0.25, -0.2) is 0 Å². The van der Waals surface area contributed by atoms with Crippen LogP contribution in [0, 0.1) is 0 Å². The molecule has 19 heavy (non-hydrogen) atoms. The SMILES string of the molecule is CCc1ccc(CNc2cc(Br)ccc2OC)cc1. The van der Waals surface area contributed by atoms with Gasteiger partial charge in [-0.2, -0.15) is 0 Å². The summed E-state index contributed by atoms with van der Waals surface area (Å²) in [6, 6.07) is 14.6. The summed E-state index contributed by atoms with van der Waals surface area (Å²) in [5.41, 5.74) is 3.62. The lowest BCUT2D eigenvalue weighted by atomic mass is 10.1. The van der Waals surface area contributed by atoms with Gasteiger partial charge in [0, 0.05) is 11.0 Å². The van der Waals surface area contributed by atoms with Gasteiger partial charge in [-0.1, -0.05) is 47.1 Å². The van der Waals surface area contributed by atoms with Crippen LogP contribution < -0.4 is 10.1 Å². The lowest BCUT2D eigenvalue weighted by Crippen LogP contribution is -2.01. The van der Waals surface area contributed by atoms with Crippen LogP contribution in [-0.2, 0) is 13.0 Å². The normalized spacial score (nSPS) is 10.3. The summed E-state index contributed by atoms with van der Waals surface area (Å²) in [7, 11) is 1.68. The molecule has 2 aromatic rings. The third kappa shape index (κ3) is 3.74. The highest BCUT2D eigenvalue weighted by Crippen LogP contribution is 2.28. The molecular formula is C16H18BrNO. The highest BCUT2D eigenvalue weighted by molar-refractivity contribution is 9.10. The summed E-state index contributed by atoms with van der Waals surface area (Å²) in [5, 5.41) is 3.40. The molecule has 0 aliphatic rings. The van der Waals surface area contributed by atoms with E-state index in [1.165, 1.54) is 11.1 Å². The molecule has 0 fully saturated rings. The monoisotopic (exact) mass is 319 g/mol. The van der Waals surface area contributed by atoms with Crippen molar-refractivity contribution in [1.29, 1.82) is 0 Å². The molecule has 0 saturated carbocycles. The Balaban J connectivity index is 2.07. The molecule has 100 valence electrons. The minimum atomic E-state index is 0.788. The average molecular weight is 320 g/mol. The Morgan fingerprint density at radius 1 is 1.05 bits per heavy atom. The van der Waals surface area contributed by atoms with E-state index < -0.39 is 0 Å². The molecule has 2 rings (SSSR count). The molecule has 0 heterocycles. The standard InChI is InChI=1S/C16H18BrNO/c1-3-12-4-6-13(7-5-12)11-18-15-10-14(17)8-9-16(15)19-2/h4-10,18H,3,11H2,1-2H3. The maximum Gasteiger partial charge on any atom is 0.142 e. The first kappa shape index (κ1) is 13.9.